The van der Waals surface area contributed by atoms with Crippen molar-refractivity contribution in [3.05, 3.63) is 83.1 Å². The third kappa shape index (κ3) is 3.47. The Morgan fingerprint density at radius 3 is 2.63 bits per heavy atom. The smallest absolute Gasteiger partial charge is 0.339 e. The molecule has 2 aliphatic rings. The second-order valence-electron chi connectivity index (χ2n) is 10.4. The summed E-state index contributed by atoms with van der Waals surface area (Å²) in [5.74, 6) is 0.0586. The fourth-order valence-corrected chi connectivity index (χ4v) is 5.57. The maximum Gasteiger partial charge on any atom is 0.339 e. The van der Waals surface area contributed by atoms with E-state index in [1.807, 2.05) is 46.0 Å². The third-order valence-corrected chi connectivity index (χ3v) is 6.94. The summed E-state index contributed by atoms with van der Waals surface area (Å²) in [5, 5.41) is 3.43. The molecule has 0 bridgehead atoms. The van der Waals surface area contributed by atoms with Crippen molar-refractivity contribution in [2.75, 3.05) is 6.61 Å². The Balaban J connectivity index is 1.70. The van der Waals surface area contributed by atoms with E-state index < -0.39 is 11.7 Å². The summed E-state index contributed by atoms with van der Waals surface area (Å²) >= 11 is 0. The van der Waals surface area contributed by atoms with Crippen LogP contribution in [0.5, 0.6) is 0 Å². The molecule has 0 N–H and O–H groups in total. The predicted molar refractivity (Wildman–Crippen MR) is 140 cm³/mol. The third-order valence-electron chi connectivity index (χ3n) is 6.94. The number of aromatic nitrogens is 1. The Hall–Kier alpha value is -3.50. The molecule has 1 heterocycles. The van der Waals surface area contributed by atoms with Crippen LogP contribution >= 0.6 is 0 Å². The van der Waals surface area contributed by atoms with Crippen molar-refractivity contribution in [1.29, 1.82) is 0 Å². The van der Waals surface area contributed by atoms with E-state index in [0.29, 0.717) is 12.5 Å². The van der Waals surface area contributed by atoms with Crippen LogP contribution < -0.4 is 0 Å². The lowest BCUT2D eigenvalue weighted by Crippen LogP contribution is -2.29. The summed E-state index contributed by atoms with van der Waals surface area (Å²) < 4.78 is 12.0. The lowest BCUT2D eigenvalue weighted by molar-refractivity contribution is -0.166. The Labute approximate surface area is 205 Å². The maximum absolute atomic E-state index is 13.4. The largest absolute Gasteiger partial charge is 0.464 e. The summed E-state index contributed by atoms with van der Waals surface area (Å²) in [6.07, 6.45) is 3.37. The van der Waals surface area contributed by atoms with Gasteiger partial charge in [0.2, 0.25) is 0 Å². The highest BCUT2D eigenvalue weighted by atomic mass is 16.6. The number of allylic oxidation sites excluding steroid dienone is 2. The lowest BCUT2D eigenvalue weighted by atomic mass is 9.85. The fraction of sp³-hybridized carbons (Fsp3) is 0.290. The standard InChI is InChI=1S/C31H29NO3/c1-6-34-30(33)29(35-31(3,4)5)25-17(2)15-18-9-7-8-10-19(18)26(25)22-12-11-20-23-16-24(23)21-13-14-32-28(22)27(20)21/h7-16,24,29H,6H2,1-5H3. The summed E-state index contributed by atoms with van der Waals surface area (Å²) in [7, 11) is 0. The number of pyridine rings is 1. The van der Waals surface area contributed by atoms with E-state index in [4.69, 9.17) is 14.5 Å². The second kappa shape index (κ2) is 7.76. The van der Waals surface area contributed by atoms with E-state index in [1.165, 1.54) is 22.1 Å². The Kier molecular flexibility index (Phi) is 4.87. The normalized spacial score (nSPS) is 16.8. The molecule has 35 heavy (non-hydrogen) atoms. The Bertz CT molecular complexity index is 1560. The molecule has 0 spiro atoms. The second-order valence-corrected chi connectivity index (χ2v) is 10.4. The van der Waals surface area contributed by atoms with Crippen LogP contribution in [0.25, 0.3) is 38.4 Å². The van der Waals surface area contributed by atoms with Crippen LogP contribution in [0.15, 0.2) is 60.8 Å². The van der Waals surface area contributed by atoms with E-state index in [2.05, 4.69) is 49.4 Å². The average Bonchev–Trinajstić information content (AvgIpc) is 3.55. The molecule has 0 aliphatic heterocycles. The molecule has 0 saturated heterocycles. The van der Waals surface area contributed by atoms with Gasteiger partial charge in [-0.2, -0.15) is 0 Å². The fourth-order valence-electron chi connectivity index (χ4n) is 5.57. The highest BCUT2D eigenvalue weighted by Crippen LogP contribution is 2.57. The predicted octanol–water partition coefficient (Wildman–Crippen LogP) is 7.28. The number of fused-ring (bicyclic) bond motifs is 4. The van der Waals surface area contributed by atoms with Crippen molar-refractivity contribution in [2.45, 2.75) is 52.2 Å². The minimum Gasteiger partial charge on any atom is -0.464 e. The molecule has 2 atom stereocenters. The van der Waals surface area contributed by atoms with Crippen LogP contribution in [0.4, 0.5) is 0 Å². The van der Waals surface area contributed by atoms with Gasteiger partial charge in [-0.3, -0.25) is 4.98 Å². The molecule has 0 amide bonds. The number of esters is 1. The molecule has 176 valence electrons. The molecule has 4 nitrogen and oxygen atoms in total. The zero-order valence-corrected chi connectivity index (χ0v) is 20.8. The van der Waals surface area contributed by atoms with Gasteiger partial charge in [0, 0.05) is 28.6 Å². The first-order valence-electron chi connectivity index (χ1n) is 12.3. The molecule has 0 fully saturated rings. The molecule has 3 aromatic carbocycles. The van der Waals surface area contributed by atoms with Crippen molar-refractivity contribution in [2.24, 2.45) is 0 Å². The zero-order valence-electron chi connectivity index (χ0n) is 20.8. The van der Waals surface area contributed by atoms with Crippen LogP contribution in [0.2, 0.25) is 0 Å². The topological polar surface area (TPSA) is 48.4 Å². The summed E-state index contributed by atoms with van der Waals surface area (Å²) in [5.41, 5.74) is 8.31. The van der Waals surface area contributed by atoms with E-state index in [1.54, 1.807) is 0 Å². The number of benzene rings is 3. The number of nitrogens with zero attached hydrogens (tertiary/aromatic N) is 1. The first-order valence-corrected chi connectivity index (χ1v) is 12.3. The molecule has 1 aromatic heterocycles. The van der Waals surface area contributed by atoms with Crippen LogP contribution in [0, 0.1) is 6.92 Å². The summed E-state index contributed by atoms with van der Waals surface area (Å²) in [6.45, 7) is 10.1. The number of hydrogen-bond acceptors (Lipinski definition) is 4. The SMILES string of the molecule is CCOC(=O)C(OC(C)(C)C)c1c(C)cc2ccccc2c1-c1ccc2c3c(ccnc13)C1C=C21. The lowest BCUT2D eigenvalue weighted by Gasteiger charge is -2.30. The monoisotopic (exact) mass is 463 g/mol. The Morgan fingerprint density at radius 2 is 1.86 bits per heavy atom. The first-order chi connectivity index (χ1) is 16.8. The molecule has 2 aliphatic carbocycles. The van der Waals surface area contributed by atoms with Gasteiger partial charge in [-0.15, -0.1) is 0 Å². The van der Waals surface area contributed by atoms with Crippen LogP contribution in [-0.2, 0) is 14.3 Å². The van der Waals surface area contributed by atoms with Gasteiger partial charge >= 0.3 is 5.97 Å². The van der Waals surface area contributed by atoms with Gasteiger partial charge in [-0.25, -0.2) is 4.79 Å². The minimum absolute atomic E-state index is 0.295. The minimum atomic E-state index is -0.853. The van der Waals surface area contributed by atoms with E-state index in [9.17, 15) is 4.79 Å². The van der Waals surface area contributed by atoms with Gasteiger partial charge in [0.15, 0.2) is 6.10 Å². The molecule has 6 rings (SSSR count). The number of hydrogen-bond donors (Lipinski definition) is 0. The molecule has 0 radical (unpaired) electrons. The molecule has 4 aromatic rings. The average molecular weight is 464 g/mol. The number of carbonyl (C=O) groups is 1. The number of carbonyl (C=O) groups excluding carboxylic acids is 1. The molecular weight excluding hydrogens is 434 g/mol. The molecule has 0 saturated carbocycles. The highest BCUT2D eigenvalue weighted by molar-refractivity contribution is 6.15. The number of aryl methyl sites for hydroxylation is 1. The maximum atomic E-state index is 13.4. The molecule has 2 unspecified atom stereocenters. The zero-order chi connectivity index (χ0) is 24.5. The van der Waals surface area contributed by atoms with Crippen LogP contribution in [-0.4, -0.2) is 23.2 Å². The number of rotatable bonds is 5. The first kappa shape index (κ1) is 22.0. The molecule has 4 heteroatoms. The van der Waals surface area contributed by atoms with Gasteiger partial charge in [0.05, 0.1) is 17.7 Å². The van der Waals surface area contributed by atoms with Gasteiger partial charge in [-0.1, -0.05) is 48.5 Å². The quantitative estimate of drug-likeness (QED) is 0.292. The molecular formula is C31H29NO3. The van der Waals surface area contributed by atoms with Gasteiger partial charge < -0.3 is 9.47 Å². The number of ether oxygens (including phenoxy) is 2. The van der Waals surface area contributed by atoms with Crippen molar-refractivity contribution >= 4 is 33.2 Å². The Morgan fingerprint density at radius 1 is 1.09 bits per heavy atom. The van der Waals surface area contributed by atoms with E-state index in [0.717, 1.165) is 38.5 Å². The van der Waals surface area contributed by atoms with Gasteiger partial charge in [0.1, 0.15) is 0 Å². The van der Waals surface area contributed by atoms with E-state index >= 15 is 0 Å². The van der Waals surface area contributed by atoms with E-state index in [-0.39, 0.29) is 5.97 Å². The van der Waals surface area contributed by atoms with Crippen molar-refractivity contribution in [1.82, 2.24) is 4.98 Å². The summed E-state index contributed by atoms with van der Waals surface area (Å²) in [4.78, 5) is 18.2. The van der Waals surface area contributed by atoms with Crippen molar-refractivity contribution in [3.8, 4) is 11.1 Å². The van der Waals surface area contributed by atoms with Gasteiger partial charge in [0.25, 0.3) is 0 Å². The van der Waals surface area contributed by atoms with Crippen LogP contribution in [0.1, 0.15) is 62.0 Å². The van der Waals surface area contributed by atoms with Crippen molar-refractivity contribution < 1.29 is 14.3 Å². The van der Waals surface area contributed by atoms with Crippen LogP contribution in [0.3, 0.4) is 0 Å². The highest BCUT2D eigenvalue weighted by Gasteiger charge is 2.39. The van der Waals surface area contributed by atoms with Gasteiger partial charge in [-0.05, 0) is 79.3 Å². The summed E-state index contributed by atoms with van der Waals surface area (Å²) in [6, 6.07) is 17.0. The van der Waals surface area contributed by atoms with Crippen molar-refractivity contribution in [3.63, 3.8) is 0 Å².